The zero-order chi connectivity index (χ0) is 12.6. The van der Waals surface area contributed by atoms with E-state index in [4.69, 9.17) is 17.0 Å². The topological polar surface area (TPSA) is 42.8 Å². The molecule has 0 aliphatic heterocycles. The average molecular weight is 251 g/mol. The lowest BCUT2D eigenvalue weighted by molar-refractivity contribution is 0.344. The van der Waals surface area contributed by atoms with Crippen molar-refractivity contribution in [1.29, 1.82) is 0 Å². The molecule has 2 aromatic heterocycles. The Hall–Kier alpha value is -1.36. The summed E-state index contributed by atoms with van der Waals surface area (Å²) in [4.78, 5) is 7.65. The van der Waals surface area contributed by atoms with E-state index >= 15 is 0 Å². The Bertz CT molecular complexity index is 597. The molecule has 0 atom stereocenters. The SMILES string of the molecule is CCC(C)(C)n1c(=S)[nH]c2ccc(OC)nc21. The monoisotopic (exact) mass is 251 g/mol. The van der Waals surface area contributed by atoms with Crippen LogP contribution in [0, 0.1) is 4.77 Å². The van der Waals surface area contributed by atoms with E-state index in [9.17, 15) is 0 Å². The first-order valence-electron chi connectivity index (χ1n) is 5.66. The number of hydrogen-bond donors (Lipinski definition) is 1. The van der Waals surface area contributed by atoms with E-state index in [1.165, 1.54) is 0 Å². The zero-order valence-electron chi connectivity index (χ0n) is 10.6. The van der Waals surface area contributed by atoms with E-state index in [2.05, 4.69) is 35.3 Å². The van der Waals surface area contributed by atoms with Gasteiger partial charge in [0.15, 0.2) is 10.4 Å². The molecule has 0 aliphatic rings. The van der Waals surface area contributed by atoms with Crippen molar-refractivity contribution in [3.8, 4) is 5.88 Å². The van der Waals surface area contributed by atoms with Gasteiger partial charge in [-0.1, -0.05) is 6.92 Å². The van der Waals surface area contributed by atoms with Crippen molar-refractivity contribution in [2.24, 2.45) is 0 Å². The number of methoxy groups -OCH3 is 1. The number of nitrogens with zero attached hydrogens (tertiary/aromatic N) is 2. The minimum Gasteiger partial charge on any atom is -0.481 e. The van der Waals surface area contributed by atoms with Crippen molar-refractivity contribution in [1.82, 2.24) is 14.5 Å². The molecule has 2 heterocycles. The minimum atomic E-state index is -0.0608. The highest BCUT2D eigenvalue weighted by Crippen LogP contribution is 2.26. The summed E-state index contributed by atoms with van der Waals surface area (Å²) in [5.41, 5.74) is 1.73. The third-order valence-corrected chi connectivity index (χ3v) is 3.47. The molecule has 0 unspecified atom stereocenters. The van der Waals surface area contributed by atoms with Crippen molar-refractivity contribution >= 4 is 23.4 Å². The van der Waals surface area contributed by atoms with Crippen LogP contribution in [0.2, 0.25) is 0 Å². The molecule has 0 amide bonds. The lowest BCUT2D eigenvalue weighted by Gasteiger charge is -2.25. The number of aromatic nitrogens is 3. The average Bonchev–Trinajstić information content (AvgIpc) is 2.64. The van der Waals surface area contributed by atoms with Gasteiger partial charge in [-0.15, -0.1) is 0 Å². The number of ether oxygens (including phenoxy) is 1. The largest absolute Gasteiger partial charge is 0.481 e. The molecule has 5 heteroatoms. The summed E-state index contributed by atoms with van der Waals surface area (Å²) in [6.07, 6.45) is 0.979. The summed E-state index contributed by atoms with van der Waals surface area (Å²) in [5.74, 6) is 0.604. The van der Waals surface area contributed by atoms with E-state index in [0.717, 1.165) is 17.6 Å². The van der Waals surface area contributed by atoms with Crippen LogP contribution in [0.3, 0.4) is 0 Å². The number of imidazole rings is 1. The number of fused-ring (bicyclic) bond motifs is 1. The molecule has 0 bridgehead atoms. The molecule has 0 saturated heterocycles. The lowest BCUT2D eigenvalue weighted by Crippen LogP contribution is -2.25. The van der Waals surface area contributed by atoms with Crippen molar-refractivity contribution < 1.29 is 4.74 Å². The second-order valence-electron chi connectivity index (χ2n) is 4.66. The van der Waals surface area contributed by atoms with Gasteiger partial charge in [-0.25, -0.2) is 0 Å². The predicted molar refractivity (Wildman–Crippen MR) is 71.1 cm³/mol. The number of hydrogen-bond acceptors (Lipinski definition) is 3. The van der Waals surface area contributed by atoms with Gasteiger partial charge in [-0.3, -0.25) is 4.57 Å². The third kappa shape index (κ3) is 1.95. The Morgan fingerprint density at radius 2 is 2.18 bits per heavy atom. The molecule has 0 spiro atoms. The fourth-order valence-electron chi connectivity index (χ4n) is 1.80. The molecule has 4 nitrogen and oxygen atoms in total. The predicted octanol–water partition coefficient (Wildman–Crippen LogP) is 3.25. The molecular weight excluding hydrogens is 234 g/mol. The van der Waals surface area contributed by atoms with Crippen LogP contribution in [0.1, 0.15) is 27.2 Å². The van der Waals surface area contributed by atoms with Gasteiger partial charge in [0.25, 0.3) is 0 Å². The molecular formula is C12H17N3OS. The molecule has 2 aromatic rings. The number of aromatic amines is 1. The normalized spacial score (nSPS) is 12.0. The highest BCUT2D eigenvalue weighted by atomic mass is 32.1. The maximum absolute atomic E-state index is 5.37. The van der Waals surface area contributed by atoms with Crippen LogP contribution in [0.4, 0.5) is 0 Å². The number of rotatable bonds is 3. The first-order chi connectivity index (χ1) is 7.99. The molecule has 0 fully saturated rings. The summed E-state index contributed by atoms with van der Waals surface area (Å²) < 4.78 is 7.92. The van der Waals surface area contributed by atoms with Gasteiger partial charge in [0.1, 0.15) is 0 Å². The fourth-order valence-corrected chi connectivity index (χ4v) is 2.24. The lowest BCUT2D eigenvalue weighted by atomic mass is 10.0. The smallest absolute Gasteiger partial charge is 0.215 e. The zero-order valence-corrected chi connectivity index (χ0v) is 11.4. The molecule has 0 aromatic carbocycles. The van der Waals surface area contributed by atoms with Gasteiger partial charge in [0.05, 0.1) is 12.6 Å². The highest BCUT2D eigenvalue weighted by molar-refractivity contribution is 7.71. The van der Waals surface area contributed by atoms with Crippen LogP contribution in [-0.2, 0) is 5.54 Å². The van der Waals surface area contributed by atoms with Crippen LogP contribution in [0.25, 0.3) is 11.2 Å². The van der Waals surface area contributed by atoms with E-state index < -0.39 is 0 Å². The van der Waals surface area contributed by atoms with E-state index in [-0.39, 0.29) is 5.54 Å². The summed E-state index contributed by atoms with van der Waals surface area (Å²) in [7, 11) is 1.62. The Morgan fingerprint density at radius 3 is 2.76 bits per heavy atom. The summed E-state index contributed by atoms with van der Waals surface area (Å²) >= 11 is 5.37. The van der Waals surface area contributed by atoms with Crippen molar-refractivity contribution in [3.63, 3.8) is 0 Å². The van der Waals surface area contributed by atoms with Crippen molar-refractivity contribution in [2.45, 2.75) is 32.7 Å². The van der Waals surface area contributed by atoms with Gasteiger partial charge < -0.3 is 9.72 Å². The second-order valence-corrected chi connectivity index (χ2v) is 5.04. The van der Waals surface area contributed by atoms with Gasteiger partial charge in [0, 0.05) is 11.6 Å². The summed E-state index contributed by atoms with van der Waals surface area (Å²) in [6, 6.07) is 3.77. The third-order valence-electron chi connectivity index (χ3n) is 3.19. The quantitative estimate of drug-likeness (QED) is 0.851. The molecule has 92 valence electrons. The Kier molecular flexibility index (Phi) is 2.95. The first kappa shape index (κ1) is 12.1. The second kappa shape index (κ2) is 4.14. The minimum absolute atomic E-state index is 0.0608. The molecule has 0 saturated carbocycles. The van der Waals surface area contributed by atoms with E-state index in [1.807, 2.05) is 12.1 Å². The van der Waals surface area contributed by atoms with Crippen LogP contribution < -0.4 is 4.74 Å². The molecule has 1 N–H and O–H groups in total. The maximum atomic E-state index is 5.37. The van der Waals surface area contributed by atoms with Crippen LogP contribution >= 0.6 is 12.2 Å². The standard InChI is InChI=1S/C12H17N3OS/c1-5-12(2,3)15-10-8(13-11(15)17)6-7-9(14-10)16-4/h6-7H,5H2,1-4H3,(H,13,17). The van der Waals surface area contributed by atoms with Crippen LogP contribution in [-0.4, -0.2) is 21.6 Å². The Balaban J connectivity index is 2.77. The van der Waals surface area contributed by atoms with Crippen molar-refractivity contribution in [2.75, 3.05) is 7.11 Å². The maximum Gasteiger partial charge on any atom is 0.215 e. The van der Waals surface area contributed by atoms with E-state index in [0.29, 0.717) is 10.7 Å². The van der Waals surface area contributed by atoms with Gasteiger partial charge in [-0.05, 0) is 38.6 Å². The highest BCUT2D eigenvalue weighted by Gasteiger charge is 2.22. The van der Waals surface area contributed by atoms with Crippen LogP contribution in [0.15, 0.2) is 12.1 Å². The Morgan fingerprint density at radius 1 is 1.47 bits per heavy atom. The molecule has 17 heavy (non-hydrogen) atoms. The van der Waals surface area contributed by atoms with E-state index in [1.54, 1.807) is 7.11 Å². The fraction of sp³-hybridized carbons (Fsp3) is 0.500. The first-order valence-corrected chi connectivity index (χ1v) is 6.06. The van der Waals surface area contributed by atoms with Crippen LogP contribution in [0.5, 0.6) is 5.88 Å². The van der Waals surface area contributed by atoms with Crippen molar-refractivity contribution in [3.05, 3.63) is 16.9 Å². The molecule has 2 rings (SSSR count). The summed E-state index contributed by atoms with van der Waals surface area (Å²) in [5, 5.41) is 0. The molecule has 0 aliphatic carbocycles. The number of nitrogens with one attached hydrogen (secondary N) is 1. The van der Waals surface area contributed by atoms with Gasteiger partial charge >= 0.3 is 0 Å². The molecule has 0 radical (unpaired) electrons. The number of H-pyrrole nitrogens is 1. The number of pyridine rings is 1. The Labute approximate surface area is 106 Å². The summed E-state index contributed by atoms with van der Waals surface area (Å²) in [6.45, 7) is 6.44. The van der Waals surface area contributed by atoms with Gasteiger partial charge in [0.2, 0.25) is 5.88 Å². The van der Waals surface area contributed by atoms with Gasteiger partial charge in [-0.2, -0.15) is 4.98 Å².